The number of aromatic nitrogens is 2. The van der Waals surface area contributed by atoms with E-state index in [1.165, 1.54) is 0 Å². The summed E-state index contributed by atoms with van der Waals surface area (Å²) >= 11 is 3.45. The van der Waals surface area contributed by atoms with Crippen LogP contribution in [0.2, 0.25) is 0 Å². The fraction of sp³-hybridized carbons (Fsp3) is 0.667. The van der Waals surface area contributed by atoms with Crippen LogP contribution in [0.3, 0.4) is 0 Å². The number of nitrogens with zero attached hydrogens (tertiary/aromatic N) is 3. The molecule has 0 aliphatic carbocycles. The third-order valence-corrected chi connectivity index (χ3v) is 3.91. The molecule has 1 aliphatic rings. The van der Waals surface area contributed by atoms with Crippen LogP contribution < -0.4 is 0 Å². The Morgan fingerprint density at radius 1 is 1.65 bits per heavy atom. The van der Waals surface area contributed by atoms with Gasteiger partial charge in [0.05, 0.1) is 0 Å². The Morgan fingerprint density at radius 3 is 3.12 bits per heavy atom. The molecule has 1 aromatic heterocycles. The molecule has 5 heteroatoms. The normalized spacial score (nSPS) is 19.9. The van der Waals surface area contributed by atoms with Crippen LogP contribution in [0.4, 0.5) is 0 Å². The Hall–Kier alpha value is -0.840. The molecule has 2 rings (SSSR count). The highest BCUT2D eigenvalue weighted by Crippen LogP contribution is 2.23. The van der Waals surface area contributed by atoms with Gasteiger partial charge in [0, 0.05) is 31.2 Å². The first-order valence-electron chi connectivity index (χ1n) is 6.09. The monoisotopic (exact) mass is 299 g/mol. The molecule has 0 bridgehead atoms. The van der Waals surface area contributed by atoms with Crippen molar-refractivity contribution in [3.8, 4) is 0 Å². The molecule has 1 aliphatic heterocycles. The van der Waals surface area contributed by atoms with Crippen LogP contribution in [-0.2, 0) is 7.05 Å². The summed E-state index contributed by atoms with van der Waals surface area (Å²) in [5.41, 5.74) is 0.691. The predicted molar refractivity (Wildman–Crippen MR) is 70.3 cm³/mol. The number of halogens is 1. The lowest BCUT2D eigenvalue weighted by Gasteiger charge is -2.24. The summed E-state index contributed by atoms with van der Waals surface area (Å²) < 4.78 is 1.65. The van der Waals surface area contributed by atoms with Crippen LogP contribution in [0.5, 0.6) is 0 Å². The first-order valence-corrected chi connectivity index (χ1v) is 7.21. The van der Waals surface area contributed by atoms with E-state index in [1.807, 2.05) is 11.9 Å². The first kappa shape index (κ1) is 12.6. The van der Waals surface area contributed by atoms with Crippen molar-refractivity contribution >= 4 is 21.8 Å². The summed E-state index contributed by atoms with van der Waals surface area (Å²) in [5.74, 6) is 0.127. The predicted octanol–water partition coefficient (Wildman–Crippen LogP) is 2.20. The van der Waals surface area contributed by atoms with E-state index in [9.17, 15) is 4.79 Å². The Bertz CT molecular complexity index is 391. The highest BCUT2D eigenvalue weighted by Gasteiger charge is 2.29. The summed E-state index contributed by atoms with van der Waals surface area (Å²) in [6.07, 6.45) is 6.15. The van der Waals surface area contributed by atoms with E-state index in [0.29, 0.717) is 11.7 Å². The molecular formula is C12H18BrN3O. The van der Waals surface area contributed by atoms with Crippen LogP contribution >= 0.6 is 15.9 Å². The maximum atomic E-state index is 12.4. The van der Waals surface area contributed by atoms with Gasteiger partial charge in [0.1, 0.15) is 5.69 Å². The summed E-state index contributed by atoms with van der Waals surface area (Å²) in [6, 6.07) is 2.21. The van der Waals surface area contributed by atoms with Crippen molar-refractivity contribution in [3.05, 3.63) is 18.0 Å². The minimum absolute atomic E-state index is 0.127. The zero-order chi connectivity index (χ0) is 12.3. The van der Waals surface area contributed by atoms with Gasteiger partial charge >= 0.3 is 0 Å². The third kappa shape index (κ3) is 2.70. The molecule has 4 nitrogen and oxygen atoms in total. The summed E-state index contributed by atoms with van der Waals surface area (Å²) in [6.45, 7) is 0.886. The van der Waals surface area contributed by atoms with E-state index in [0.717, 1.165) is 37.6 Å². The number of carbonyl (C=O) groups excluding carboxylic acids is 1. The van der Waals surface area contributed by atoms with E-state index in [1.54, 1.807) is 16.9 Å². The van der Waals surface area contributed by atoms with Crippen molar-refractivity contribution in [2.75, 3.05) is 11.9 Å². The number of rotatable bonds is 4. The number of likely N-dealkylation sites (tertiary alicyclic amines) is 1. The number of aryl methyl sites for hydroxylation is 1. The van der Waals surface area contributed by atoms with E-state index < -0.39 is 0 Å². The van der Waals surface area contributed by atoms with Gasteiger partial charge in [-0.15, -0.1) is 0 Å². The van der Waals surface area contributed by atoms with Crippen molar-refractivity contribution in [3.63, 3.8) is 0 Å². The SMILES string of the molecule is Cn1nccc1C(=O)N1CCCC1CCCBr. The van der Waals surface area contributed by atoms with Gasteiger partial charge in [-0.25, -0.2) is 0 Å². The quantitative estimate of drug-likeness (QED) is 0.800. The lowest BCUT2D eigenvalue weighted by Crippen LogP contribution is -2.36. The first-order chi connectivity index (χ1) is 8.24. The number of carbonyl (C=O) groups is 1. The molecule has 94 valence electrons. The molecule has 1 atom stereocenters. The van der Waals surface area contributed by atoms with Gasteiger partial charge in [0.15, 0.2) is 0 Å². The van der Waals surface area contributed by atoms with Gasteiger partial charge in [0.2, 0.25) is 0 Å². The van der Waals surface area contributed by atoms with Crippen molar-refractivity contribution < 1.29 is 4.79 Å². The second kappa shape index (κ2) is 5.67. The fourth-order valence-electron chi connectivity index (χ4n) is 2.45. The highest BCUT2D eigenvalue weighted by molar-refractivity contribution is 9.09. The molecule has 0 N–H and O–H groups in total. The number of amides is 1. The van der Waals surface area contributed by atoms with Gasteiger partial charge < -0.3 is 4.90 Å². The van der Waals surface area contributed by atoms with E-state index in [-0.39, 0.29) is 5.91 Å². The second-order valence-corrected chi connectivity index (χ2v) is 5.26. The third-order valence-electron chi connectivity index (χ3n) is 3.35. The van der Waals surface area contributed by atoms with E-state index >= 15 is 0 Å². The Labute approximate surface area is 110 Å². The van der Waals surface area contributed by atoms with Crippen LogP contribution in [0, 0.1) is 0 Å². The lowest BCUT2D eigenvalue weighted by atomic mass is 10.1. The molecule has 2 heterocycles. The zero-order valence-electron chi connectivity index (χ0n) is 10.1. The molecule has 1 amide bonds. The topological polar surface area (TPSA) is 38.1 Å². The van der Waals surface area contributed by atoms with Gasteiger partial charge in [0.25, 0.3) is 5.91 Å². The van der Waals surface area contributed by atoms with E-state index in [4.69, 9.17) is 0 Å². The van der Waals surface area contributed by atoms with Crippen LogP contribution in [0.25, 0.3) is 0 Å². The average Bonchev–Trinajstić information content (AvgIpc) is 2.94. The van der Waals surface area contributed by atoms with Gasteiger partial charge in [-0.05, 0) is 31.7 Å². The fourth-order valence-corrected chi connectivity index (χ4v) is 2.77. The van der Waals surface area contributed by atoms with Gasteiger partial charge in [-0.1, -0.05) is 15.9 Å². The zero-order valence-corrected chi connectivity index (χ0v) is 11.7. The maximum absolute atomic E-state index is 12.4. The number of hydrogen-bond donors (Lipinski definition) is 0. The minimum atomic E-state index is 0.127. The van der Waals surface area contributed by atoms with E-state index in [2.05, 4.69) is 21.0 Å². The molecule has 0 spiro atoms. The molecule has 1 saturated heterocycles. The van der Waals surface area contributed by atoms with Crippen molar-refractivity contribution in [2.24, 2.45) is 7.05 Å². The van der Waals surface area contributed by atoms with Crippen molar-refractivity contribution in [1.82, 2.24) is 14.7 Å². The number of hydrogen-bond acceptors (Lipinski definition) is 2. The van der Waals surface area contributed by atoms with Crippen LogP contribution in [-0.4, -0.2) is 38.5 Å². The largest absolute Gasteiger partial charge is 0.334 e. The smallest absolute Gasteiger partial charge is 0.272 e. The second-order valence-electron chi connectivity index (χ2n) is 4.47. The standard InChI is InChI=1S/C12H18BrN3O/c1-15-11(6-8-14-15)12(17)16-9-3-5-10(16)4-2-7-13/h6,8,10H,2-5,7,9H2,1H3. The molecule has 17 heavy (non-hydrogen) atoms. The van der Waals surface area contributed by atoms with Crippen molar-refractivity contribution in [1.29, 1.82) is 0 Å². The average molecular weight is 300 g/mol. The van der Waals surface area contributed by atoms with Crippen LogP contribution in [0.15, 0.2) is 12.3 Å². The highest BCUT2D eigenvalue weighted by atomic mass is 79.9. The molecule has 0 radical (unpaired) electrons. The lowest BCUT2D eigenvalue weighted by molar-refractivity contribution is 0.0719. The molecular weight excluding hydrogens is 282 g/mol. The molecule has 0 aromatic carbocycles. The Balaban J connectivity index is 2.06. The Morgan fingerprint density at radius 2 is 2.47 bits per heavy atom. The van der Waals surface area contributed by atoms with Gasteiger partial charge in [-0.3, -0.25) is 9.48 Å². The molecule has 0 saturated carbocycles. The van der Waals surface area contributed by atoms with Gasteiger partial charge in [-0.2, -0.15) is 5.10 Å². The van der Waals surface area contributed by atoms with Crippen LogP contribution in [0.1, 0.15) is 36.2 Å². The number of alkyl halides is 1. The maximum Gasteiger partial charge on any atom is 0.272 e. The van der Waals surface area contributed by atoms with Crippen molar-refractivity contribution in [2.45, 2.75) is 31.7 Å². The summed E-state index contributed by atoms with van der Waals surface area (Å²) in [4.78, 5) is 14.4. The minimum Gasteiger partial charge on any atom is -0.334 e. The molecule has 1 fully saturated rings. The summed E-state index contributed by atoms with van der Waals surface area (Å²) in [5, 5.41) is 5.07. The Kier molecular flexibility index (Phi) is 4.20. The molecule has 1 unspecified atom stereocenters. The molecule has 1 aromatic rings. The summed E-state index contributed by atoms with van der Waals surface area (Å²) in [7, 11) is 1.82.